The number of benzene rings is 1. The Morgan fingerprint density at radius 2 is 2.14 bits per heavy atom. The number of hydrogen-bond acceptors (Lipinski definition) is 2. The number of aromatic nitrogens is 1. The molecule has 0 saturated heterocycles. The quantitative estimate of drug-likeness (QED) is 0.789. The summed E-state index contributed by atoms with van der Waals surface area (Å²) in [6.07, 6.45) is 0. The van der Waals surface area contributed by atoms with Gasteiger partial charge in [-0.1, -0.05) is 25.4 Å². The van der Waals surface area contributed by atoms with Crippen LogP contribution in [-0.2, 0) is 0 Å². The number of nitrogens with one attached hydrogen (secondary N) is 1. The van der Waals surface area contributed by atoms with Crippen molar-refractivity contribution < 1.29 is 4.42 Å². The largest absolute Gasteiger partial charge is 0.417 e. The molecule has 0 amide bonds. The van der Waals surface area contributed by atoms with Crippen molar-refractivity contribution in [3.63, 3.8) is 0 Å². The van der Waals surface area contributed by atoms with Gasteiger partial charge in [-0.2, -0.15) is 0 Å². The van der Waals surface area contributed by atoms with E-state index < -0.39 is 5.76 Å². The number of oxazole rings is 1. The molecule has 2 rings (SSSR count). The topological polar surface area (TPSA) is 46.0 Å². The smallest absolute Gasteiger partial charge is 0.408 e. The molecule has 0 spiro atoms. The highest BCUT2D eigenvalue weighted by Crippen LogP contribution is 2.27. The number of H-pyrrole nitrogens is 1. The summed E-state index contributed by atoms with van der Waals surface area (Å²) in [5.74, 6) is -0.135. The fourth-order valence-electron chi connectivity index (χ4n) is 1.43. The Morgan fingerprint density at radius 1 is 1.43 bits per heavy atom. The van der Waals surface area contributed by atoms with Gasteiger partial charge in [-0.25, -0.2) is 4.79 Å². The van der Waals surface area contributed by atoms with Crippen LogP contribution in [0.3, 0.4) is 0 Å². The summed E-state index contributed by atoms with van der Waals surface area (Å²) in [5.41, 5.74) is 2.19. The van der Waals surface area contributed by atoms with Gasteiger partial charge in [0, 0.05) is 5.02 Å². The van der Waals surface area contributed by atoms with Gasteiger partial charge in [0.15, 0.2) is 5.58 Å². The third-order valence-electron chi connectivity index (χ3n) is 2.16. The zero-order chi connectivity index (χ0) is 10.3. The number of rotatable bonds is 1. The second-order valence-electron chi connectivity index (χ2n) is 3.54. The van der Waals surface area contributed by atoms with E-state index >= 15 is 0 Å². The molecule has 0 radical (unpaired) electrons. The Balaban J connectivity index is 2.76. The van der Waals surface area contributed by atoms with Crippen molar-refractivity contribution in [3.05, 3.63) is 33.3 Å². The molecule has 0 atom stereocenters. The molecular weight excluding hydrogens is 202 g/mol. The minimum Gasteiger partial charge on any atom is -0.408 e. The highest BCUT2D eigenvalue weighted by atomic mass is 35.5. The predicted molar refractivity (Wildman–Crippen MR) is 55.9 cm³/mol. The Labute approximate surface area is 85.7 Å². The van der Waals surface area contributed by atoms with Crippen LogP contribution in [0.2, 0.25) is 5.02 Å². The molecule has 1 aromatic heterocycles. The zero-order valence-corrected chi connectivity index (χ0v) is 8.68. The molecular formula is C10H10ClNO2. The van der Waals surface area contributed by atoms with E-state index in [0.29, 0.717) is 22.0 Å². The van der Waals surface area contributed by atoms with Crippen LogP contribution < -0.4 is 5.76 Å². The molecule has 1 heterocycles. The lowest BCUT2D eigenvalue weighted by Gasteiger charge is -2.06. The monoisotopic (exact) mass is 211 g/mol. The lowest BCUT2D eigenvalue weighted by Crippen LogP contribution is -1.92. The maximum absolute atomic E-state index is 10.9. The van der Waals surface area contributed by atoms with Crippen LogP contribution in [0.4, 0.5) is 0 Å². The number of halogens is 1. The van der Waals surface area contributed by atoms with E-state index in [9.17, 15) is 4.79 Å². The minimum atomic E-state index is -0.447. The first-order valence-electron chi connectivity index (χ1n) is 4.40. The summed E-state index contributed by atoms with van der Waals surface area (Å²) in [7, 11) is 0. The van der Waals surface area contributed by atoms with E-state index in [1.165, 1.54) is 0 Å². The maximum atomic E-state index is 10.9. The van der Waals surface area contributed by atoms with Crippen molar-refractivity contribution in [2.75, 3.05) is 0 Å². The van der Waals surface area contributed by atoms with Gasteiger partial charge < -0.3 is 4.42 Å². The zero-order valence-electron chi connectivity index (χ0n) is 7.93. The van der Waals surface area contributed by atoms with E-state index in [4.69, 9.17) is 16.0 Å². The van der Waals surface area contributed by atoms with Gasteiger partial charge in [-0.3, -0.25) is 4.98 Å². The molecule has 14 heavy (non-hydrogen) atoms. The SMILES string of the molecule is CC(C)c1cc2oc(=O)[nH]c2cc1Cl. The van der Waals surface area contributed by atoms with Crippen LogP contribution in [0, 0.1) is 0 Å². The molecule has 4 heteroatoms. The highest BCUT2D eigenvalue weighted by Gasteiger charge is 2.09. The van der Waals surface area contributed by atoms with Crippen molar-refractivity contribution in [1.29, 1.82) is 0 Å². The molecule has 74 valence electrons. The lowest BCUT2D eigenvalue weighted by molar-refractivity contribution is 0.555. The summed E-state index contributed by atoms with van der Waals surface area (Å²) in [6, 6.07) is 3.53. The molecule has 0 bridgehead atoms. The van der Waals surface area contributed by atoms with Crippen molar-refractivity contribution in [2.24, 2.45) is 0 Å². The second-order valence-corrected chi connectivity index (χ2v) is 3.95. The predicted octanol–water partition coefficient (Wildman–Crippen LogP) is 2.90. The van der Waals surface area contributed by atoms with Gasteiger partial charge in [-0.05, 0) is 23.6 Å². The molecule has 0 saturated carbocycles. The maximum Gasteiger partial charge on any atom is 0.417 e. The van der Waals surface area contributed by atoms with Crippen molar-refractivity contribution in [3.8, 4) is 0 Å². The lowest BCUT2D eigenvalue weighted by atomic mass is 10.0. The molecule has 0 aliphatic carbocycles. The highest BCUT2D eigenvalue weighted by molar-refractivity contribution is 6.32. The molecule has 1 aromatic carbocycles. The third-order valence-corrected chi connectivity index (χ3v) is 2.49. The fraction of sp³-hybridized carbons (Fsp3) is 0.300. The van der Waals surface area contributed by atoms with Crippen LogP contribution in [0.1, 0.15) is 25.3 Å². The Kier molecular flexibility index (Phi) is 2.11. The molecule has 0 aliphatic heterocycles. The summed E-state index contributed by atoms with van der Waals surface area (Å²) in [5, 5.41) is 0.657. The average molecular weight is 212 g/mol. The van der Waals surface area contributed by atoms with E-state index in [1.807, 2.05) is 13.8 Å². The van der Waals surface area contributed by atoms with Crippen LogP contribution in [0.25, 0.3) is 11.1 Å². The van der Waals surface area contributed by atoms with Gasteiger partial charge in [-0.15, -0.1) is 0 Å². The number of hydrogen-bond donors (Lipinski definition) is 1. The van der Waals surface area contributed by atoms with Gasteiger partial charge >= 0.3 is 5.76 Å². The minimum absolute atomic E-state index is 0.312. The summed E-state index contributed by atoms with van der Waals surface area (Å²) in [6.45, 7) is 4.08. The first-order valence-corrected chi connectivity index (χ1v) is 4.78. The van der Waals surface area contributed by atoms with Crippen LogP contribution in [-0.4, -0.2) is 4.98 Å². The average Bonchev–Trinajstić information content (AvgIpc) is 2.42. The van der Waals surface area contributed by atoms with E-state index in [-0.39, 0.29) is 0 Å². The Hall–Kier alpha value is -1.22. The van der Waals surface area contributed by atoms with E-state index in [2.05, 4.69) is 4.98 Å². The third kappa shape index (κ3) is 1.44. The van der Waals surface area contributed by atoms with Crippen LogP contribution >= 0.6 is 11.6 Å². The summed E-state index contributed by atoms with van der Waals surface area (Å²) in [4.78, 5) is 13.5. The fourth-order valence-corrected chi connectivity index (χ4v) is 1.81. The van der Waals surface area contributed by atoms with Gasteiger partial charge in [0.05, 0.1) is 5.52 Å². The van der Waals surface area contributed by atoms with Gasteiger partial charge in [0.2, 0.25) is 0 Å². The van der Waals surface area contributed by atoms with Crippen LogP contribution in [0.5, 0.6) is 0 Å². The Bertz CT molecular complexity index is 524. The van der Waals surface area contributed by atoms with Crippen molar-refractivity contribution >= 4 is 22.7 Å². The van der Waals surface area contributed by atoms with Gasteiger partial charge in [0.1, 0.15) is 0 Å². The molecule has 2 aromatic rings. The van der Waals surface area contributed by atoms with E-state index in [1.54, 1.807) is 12.1 Å². The second kappa shape index (κ2) is 3.17. The molecule has 0 unspecified atom stereocenters. The molecule has 0 aliphatic rings. The molecule has 3 nitrogen and oxygen atoms in total. The summed E-state index contributed by atoms with van der Waals surface area (Å²) < 4.78 is 4.94. The number of fused-ring (bicyclic) bond motifs is 1. The van der Waals surface area contributed by atoms with Crippen LogP contribution in [0.15, 0.2) is 21.3 Å². The summed E-state index contributed by atoms with van der Waals surface area (Å²) >= 11 is 6.04. The molecule has 1 N–H and O–H groups in total. The van der Waals surface area contributed by atoms with Crippen molar-refractivity contribution in [2.45, 2.75) is 19.8 Å². The normalized spacial score (nSPS) is 11.4. The Morgan fingerprint density at radius 3 is 2.79 bits per heavy atom. The molecule has 0 fully saturated rings. The first-order chi connectivity index (χ1) is 6.58. The van der Waals surface area contributed by atoms with Crippen molar-refractivity contribution in [1.82, 2.24) is 4.98 Å². The first kappa shape index (κ1) is 9.34. The standard InChI is InChI=1S/C10H10ClNO2/c1-5(2)6-3-9-8(4-7(6)11)12-10(13)14-9/h3-5H,1-2H3,(H,12,13). The number of aromatic amines is 1. The van der Waals surface area contributed by atoms with E-state index in [0.717, 1.165) is 5.56 Å². The van der Waals surface area contributed by atoms with Gasteiger partial charge in [0.25, 0.3) is 0 Å².